The van der Waals surface area contributed by atoms with Gasteiger partial charge in [-0.15, -0.1) is 0 Å². The van der Waals surface area contributed by atoms with Crippen molar-refractivity contribution < 1.29 is 14.4 Å². The fourth-order valence-electron chi connectivity index (χ4n) is 2.88. The van der Waals surface area contributed by atoms with Crippen LogP contribution >= 0.6 is 0 Å². The van der Waals surface area contributed by atoms with E-state index in [-0.39, 0.29) is 23.8 Å². The maximum Gasteiger partial charge on any atom is 0.321 e. The van der Waals surface area contributed by atoms with E-state index in [2.05, 4.69) is 22.9 Å². The van der Waals surface area contributed by atoms with Gasteiger partial charge in [-0.25, -0.2) is 4.79 Å². The van der Waals surface area contributed by atoms with Gasteiger partial charge in [-0.05, 0) is 39.7 Å². The smallest absolute Gasteiger partial charge is 0.321 e. The van der Waals surface area contributed by atoms with Crippen LogP contribution in [0.25, 0.3) is 0 Å². The summed E-state index contributed by atoms with van der Waals surface area (Å²) < 4.78 is 0. The van der Waals surface area contributed by atoms with Crippen LogP contribution < -0.4 is 16.0 Å². The second-order valence-corrected chi connectivity index (χ2v) is 6.28. The number of nitrogens with zero attached hydrogens (tertiary/aromatic N) is 1. The number of amides is 4. The van der Waals surface area contributed by atoms with Gasteiger partial charge in [-0.3, -0.25) is 19.8 Å². The van der Waals surface area contributed by atoms with Crippen LogP contribution in [0.15, 0.2) is 0 Å². The third-order valence-electron chi connectivity index (χ3n) is 4.32. The zero-order valence-corrected chi connectivity index (χ0v) is 14.6. The zero-order chi connectivity index (χ0) is 17.4. The molecule has 1 saturated heterocycles. The second-order valence-electron chi connectivity index (χ2n) is 6.28. The Morgan fingerprint density at radius 1 is 1.26 bits per heavy atom. The number of likely N-dealkylation sites (tertiary alicyclic amines) is 1. The molecule has 0 aliphatic carbocycles. The molecule has 1 rings (SSSR count). The fourth-order valence-corrected chi connectivity index (χ4v) is 2.88. The summed E-state index contributed by atoms with van der Waals surface area (Å²) in [7, 11) is 1.46. The average molecular weight is 326 g/mol. The minimum atomic E-state index is -0.512. The lowest BCUT2D eigenvalue weighted by Gasteiger charge is -2.35. The molecule has 1 aliphatic heterocycles. The Morgan fingerprint density at radius 3 is 2.57 bits per heavy atom. The third kappa shape index (κ3) is 6.17. The molecular formula is C16H30N4O3. The van der Waals surface area contributed by atoms with Gasteiger partial charge >= 0.3 is 6.03 Å². The summed E-state index contributed by atoms with van der Waals surface area (Å²) in [5.41, 5.74) is 0. The molecule has 0 bridgehead atoms. The minimum Gasteiger partial charge on any atom is -0.353 e. The summed E-state index contributed by atoms with van der Waals surface area (Å²) in [6.45, 7) is 7.18. The minimum absolute atomic E-state index is 0.0644. The van der Waals surface area contributed by atoms with E-state index in [1.165, 1.54) is 7.05 Å². The summed E-state index contributed by atoms with van der Waals surface area (Å²) in [5, 5.41) is 7.70. The lowest BCUT2D eigenvalue weighted by molar-refractivity contribution is -0.131. The van der Waals surface area contributed by atoms with Crippen LogP contribution in [-0.4, -0.2) is 55.0 Å². The number of piperidine rings is 1. The third-order valence-corrected chi connectivity index (χ3v) is 4.32. The van der Waals surface area contributed by atoms with Crippen molar-refractivity contribution in [3.8, 4) is 0 Å². The first-order valence-corrected chi connectivity index (χ1v) is 8.46. The molecule has 0 unspecified atom stereocenters. The van der Waals surface area contributed by atoms with E-state index < -0.39 is 12.1 Å². The lowest BCUT2D eigenvalue weighted by Crippen LogP contribution is -2.53. The molecule has 0 spiro atoms. The number of carbonyl (C=O) groups excluding carboxylic acids is 3. The lowest BCUT2D eigenvalue weighted by atomic mass is 9.95. The van der Waals surface area contributed by atoms with E-state index in [1.54, 1.807) is 6.92 Å². The molecule has 7 heteroatoms. The highest BCUT2D eigenvalue weighted by Crippen LogP contribution is 2.19. The Balaban J connectivity index is 2.54. The Kier molecular flexibility index (Phi) is 8.02. The van der Waals surface area contributed by atoms with Crippen LogP contribution in [0.3, 0.4) is 0 Å². The highest BCUT2D eigenvalue weighted by molar-refractivity contribution is 5.96. The Bertz CT molecular complexity index is 428. The molecule has 23 heavy (non-hydrogen) atoms. The molecule has 4 amide bonds. The quantitative estimate of drug-likeness (QED) is 0.675. The van der Waals surface area contributed by atoms with E-state index in [0.717, 1.165) is 32.2 Å². The summed E-state index contributed by atoms with van der Waals surface area (Å²) >= 11 is 0. The molecule has 132 valence electrons. The largest absolute Gasteiger partial charge is 0.353 e. The van der Waals surface area contributed by atoms with Crippen molar-refractivity contribution in [3.05, 3.63) is 0 Å². The van der Waals surface area contributed by atoms with Gasteiger partial charge in [0.15, 0.2) is 0 Å². The highest BCUT2D eigenvalue weighted by Gasteiger charge is 2.31. The molecule has 1 aliphatic rings. The molecular weight excluding hydrogens is 296 g/mol. The first-order chi connectivity index (χ1) is 10.9. The fraction of sp³-hybridized carbons (Fsp3) is 0.812. The summed E-state index contributed by atoms with van der Waals surface area (Å²) in [6.07, 6.45) is 3.71. The van der Waals surface area contributed by atoms with Crippen LogP contribution in [0.4, 0.5) is 4.79 Å². The van der Waals surface area contributed by atoms with Crippen LogP contribution in [0.2, 0.25) is 0 Å². The van der Waals surface area contributed by atoms with Crippen LogP contribution in [0.5, 0.6) is 0 Å². The molecule has 3 N–H and O–H groups in total. The Morgan fingerprint density at radius 2 is 1.96 bits per heavy atom. The van der Waals surface area contributed by atoms with E-state index in [0.29, 0.717) is 6.54 Å². The number of nitrogens with one attached hydrogen (secondary N) is 3. The summed E-state index contributed by atoms with van der Waals surface area (Å²) in [5.74, 6) is -0.377. The topological polar surface area (TPSA) is 90.5 Å². The van der Waals surface area contributed by atoms with Crippen LogP contribution in [-0.2, 0) is 9.59 Å². The van der Waals surface area contributed by atoms with Gasteiger partial charge in [0, 0.05) is 19.6 Å². The van der Waals surface area contributed by atoms with Gasteiger partial charge in [0.2, 0.25) is 11.8 Å². The SMILES string of the molecule is CCC[C@H](C)NC(=O)[C@H]1CCCN([C@H](C)C(=O)NC(=O)NC)C1. The number of rotatable bonds is 6. The maximum atomic E-state index is 12.3. The van der Waals surface area contributed by atoms with Gasteiger partial charge in [-0.2, -0.15) is 0 Å². The first-order valence-electron chi connectivity index (χ1n) is 8.46. The predicted molar refractivity (Wildman–Crippen MR) is 88.9 cm³/mol. The molecule has 3 atom stereocenters. The van der Waals surface area contributed by atoms with Crippen molar-refractivity contribution in [1.29, 1.82) is 0 Å². The Labute approximate surface area is 138 Å². The van der Waals surface area contributed by atoms with Gasteiger partial charge < -0.3 is 10.6 Å². The van der Waals surface area contributed by atoms with Crippen molar-refractivity contribution >= 4 is 17.8 Å². The van der Waals surface area contributed by atoms with Crippen LogP contribution in [0.1, 0.15) is 46.5 Å². The van der Waals surface area contributed by atoms with Crippen molar-refractivity contribution in [2.75, 3.05) is 20.1 Å². The molecule has 0 aromatic carbocycles. The van der Waals surface area contributed by atoms with Crippen molar-refractivity contribution in [2.45, 2.75) is 58.5 Å². The molecule has 1 fully saturated rings. The highest BCUT2D eigenvalue weighted by atomic mass is 16.2. The summed E-state index contributed by atoms with van der Waals surface area (Å²) in [6, 6.07) is -0.769. The van der Waals surface area contributed by atoms with Crippen molar-refractivity contribution in [1.82, 2.24) is 20.9 Å². The number of carbonyl (C=O) groups is 3. The Hall–Kier alpha value is -1.63. The van der Waals surface area contributed by atoms with Gasteiger partial charge in [0.1, 0.15) is 0 Å². The summed E-state index contributed by atoms with van der Waals surface area (Å²) in [4.78, 5) is 37.6. The molecule has 7 nitrogen and oxygen atoms in total. The van der Waals surface area contributed by atoms with E-state index in [1.807, 2.05) is 11.8 Å². The normalized spacial score (nSPS) is 21.1. The van der Waals surface area contributed by atoms with Gasteiger partial charge in [0.05, 0.1) is 12.0 Å². The number of imide groups is 1. The molecule has 0 saturated carbocycles. The van der Waals surface area contributed by atoms with E-state index in [4.69, 9.17) is 0 Å². The standard InChI is InChI=1S/C16H30N4O3/c1-5-7-11(2)18-15(22)13-8-6-9-20(10-13)12(3)14(21)19-16(23)17-4/h11-13H,5-10H2,1-4H3,(H,18,22)(H2,17,19,21,23)/t11-,12+,13-/m0/s1. The molecule has 1 heterocycles. The van der Waals surface area contributed by atoms with Crippen molar-refractivity contribution in [3.63, 3.8) is 0 Å². The molecule has 0 radical (unpaired) electrons. The number of hydrogen-bond donors (Lipinski definition) is 3. The number of hydrogen-bond acceptors (Lipinski definition) is 4. The second kappa shape index (κ2) is 9.50. The van der Waals surface area contributed by atoms with Gasteiger partial charge in [-0.1, -0.05) is 13.3 Å². The predicted octanol–water partition coefficient (Wildman–Crippen LogP) is 0.847. The maximum absolute atomic E-state index is 12.3. The first kappa shape index (κ1) is 19.4. The number of urea groups is 1. The van der Waals surface area contributed by atoms with E-state index >= 15 is 0 Å². The average Bonchev–Trinajstić information content (AvgIpc) is 2.54. The molecule has 0 aromatic rings. The van der Waals surface area contributed by atoms with Gasteiger partial charge in [0.25, 0.3) is 0 Å². The van der Waals surface area contributed by atoms with E-state index in [9.17, 15) is 14.4 Å². The zero-order valence-electron chi connectivity index (χ0n) is 14.6. The van der Waals surface area contributed by atoms with Crippen molar-refractivity contribution in [2.24, 2.45) is 5.92 Å². The monoisotopic (exact) mass is 326 g/mol. The molecule has 0 aromatic heterocycles. The van der Waals surface area contributed by atoms with Crippen LogP contribution in [0, 0.1) is 5.92 Å².